The Balaban J connectivity index is 1.68. The normalized spacial score (nSPS) is 16.2. The number of carbonyl (C=O) groups excluding carboxylic acids is 2. The summed E-state index contributed by atoms with van der Waals surface area (Å²) in [5, 5.41) is 2.75. The number of rotatable bonds is 6. The van der Waals surface area contributed by atoms with Crippen molar-refractivity contribution in [2.24, 2.45) is 0 Å². The summed E-state index contributed by atoms with van der Waals surface area (Å²) in [6.45, 7) is 0. The van der Waals surface area contributed by atoms with Crippen LogP contribution < -0.4 is 5.32 Å². The van der Waals surface area contributed by atoms with Crippen LogP contribution in [-0.2, 0) is 16.0 Å². The van der Waals surface area contributed by atoms with E-state index in [1.165, 1.54) is 12.7 Å². The molecule has 1 aliphatic rings. The van der Waals surface area contributed by atoms with Gasteiger partial charge in [-0.1, -0.05) is 36.8 Å². The topological polar surface area (TPSA) is 68.5 Å². The van der Waals surface area contributed by atoms with Crippen LogP contribution in [0.5, 0.6) is 0 Å². The minimum atomic E-state index is -0.734. The zero-order chi connectivity index (χ0) is 17.5. The van der Waals surface area contributed by atoms with Crippen molar-refractivity contribution in [2.75, 3.05) is 0 Å². The molecule has 132 valence electrons. The van der Waals surface area contributed by atoms with Crippen LogP contribution in [0.2, 0.25) is 0 Å². The Kier molecular flexibility index (Phi) is 5.88. The van der Waals surface area contributed by atoms with Gasteiger partial charge in [0.2, 0.25) is 0 Å². The van der Waals surface area contributed by atoms with E-state index in [0.717, 1.165) is 31.2 Å². The van der Waals surface area contributed by atoms with Crippen LogP contribution in [0.3, 0.4) is 0 Å². The van der Waals surface area contributed by atoms with Crippen LogP contribution in [0.1, 0.15) is 48.2 Å². The van der Waals surface area contributed by atoms with E-state index in [1.54, 1.807) is 12.1 Å². The van der Waals surface area contributed by atoms with E-state index in [-0.39, 0.29) is 17.8 Å². The first-order valence-corrected chi connectivity index (χ1v) is 8.81. The van der Waals surface area contributed by atoms with Gasteiger partial charge in [0.05, 0.1) is 6.26 Å². The van der Waals surface area contributed by atoms with Gasteiger partial charge in [-0.3, -0.25) is 4.79 Å². The van der Waals surface area contributed by atoms with E-state index in [0.29, 0.717) is 6.42 Å². The zero-order valence-corrected chi connectivity index (χ0v) is 14.1. The van der Waals surface area contributed by atoms with Gasteiger partial charge in [0.1, 0.15) is 12.1 Å². The number of furan rings is 1. The maximum atomic E-state index is 12.7. The molecule has 2 aromatic rings. The Hall–Kier alpha value is -2.56. The summed E-state index contributed by atoms with van der Waals surface area (Å²) in [5.74, 6) is -0.606. The monoisotopic (exact) mass is 341 g/mol. The number of ether oxygens (including phenoxy) is 1. The van der Waals surface area contributed by atoms with E-state index in [4.69, 9.17) is 9.15 Å². The van der Waals surface area contributed by atoms with E-state index >= 15 is 0 Å². The predicted molar refractivity (Wildman–Crippen MR) is 93.1 cm³/mol. The molecule has 5 heteroatoms. The smallest absolute Gasteiger partial charge is 0.329 e. The maximum Gasteiger partial charge on any atom is 0.329 e. The first-order valence-electron chi connectivity index (χ1n) is 8.81. The van der Waals surface area contributed by atoms with Gasteiger partial charge in [0, 0.05) is 6.42 Å². The van der Waals surface area contributed by atoms with Crippen LogP contribution in [0, 0.1) is 0 Å². The number of nitrogens with one attached hydrogen (secondary N) is 1. The average Bonchev–Trinajstić information content (AvgIpc) is 3.18. The number of esters is 1. The van der Waals surface area contributed by atoms with Crippen molar-refractivity contribution in [3.63, 3.8) is 0 Å². The molecule has 5 nitrogen and oxygen atoms in total. The third kappa shape index (κ3) is 4.95. The number of hydrogen-bond acceptors (Lipinski definition) is 4. The molecular weight excluding hydrogens is 318 g/mol. The van der Waals surface area contributed by atoms with Gasteiger partial charge < -0.3 is 14.5 Å². The highest BCUT2D eigenvalue weighted by atomic mass is 16.5. The Morgan fingerprint density at radius 1 is 1.08 bits per heavy atom. The van der Waals surface area contributed by atoms with E-state index in [1.807, 2.05) is 30.3 Å². The third-order valence-electron chi connectivity index (χ3n) is 4.45. The van der Waals surface area contributed by atoms with Crippen LogP contribution in [0.15, 0.2) is 53.1 Å². The molecule has 1 saturated carbocycles. The quantitative estimate of drug-likeness (QED) is 0.817. The van der Waals surface area contributed by atoms with Gasteiger partial charge in [-0.2, -0.15) is 0 Å². The van der Waals surface area contributed by atoms with E-state index < -0.39 is 11.9 Å². The molecule has 1 unspecified atom stereocenters. The number of carbonyl (C=O) groups is 2. The highest BCUT2D eigenvalue weighted by molar-refractivity contribution is 5.94. The molecule has 1 heterocycles. The van der Waals surface area contributed by atoms with Gasteiger partial charge in [-0.05, 0) is 43.4 Å². The molecular formula is C20H23NO4. The highest BCUT2D eigenvalue weighted by Gasteiger charge is 2.27. The number of benzene rings is 1. The van der Waals surface area contributed by atoms with Gasteiger partial charge >= 0.3 is 5.97 Å². The summed E-state index contributed by atoms with van der Waals surface area (Å²) in [4.78, 5) is 24.9. The Morgan fingerprint density at radius 3 is 2.52 bits per heavy atom. The molecule has 1 aromatic heterocycles. The lowest BCUT2D eigenvalue weighted by Crippen LogP contribution is -2.44. The largest absolute Gasteiger partial charge is 0.461 e. The molecule has 1 fully saturated rings. The lowest BCUT2D eigenvalue weighted by atomic mass is 9.97. The van der Waals surface area contributed by atoms with Crippen molar-refractivity contribution in [1.29, 1.82) is 0 Å². The molecule has 1 aliphatic carbocycles. The molecule has 0 radical (unpaired) electrons. The second kappa shape index (κ2) is 8.51. The van der Waals surface area contributed by atoms with Crippen LogP contribution in [0.25, 0.3) is 0 Å². The van der Waals surface area contributed by atoms with Gasteiger partial charge in [0.15, 0.2) is 5.76 Å². The van der Waals surface area contributed by atoms with Crippen LogP contribution in [0.4, 0.5) is 0 Å². The first kappa shape index (κ1) is 17.3. The average molecular weight is 341 g/mol. The molecule has 0 bridgehead atoms. The lowest BCUT2D eigenvalue weighted by Gasteiger charge is -2.25. The summed E-state index contributed by atoms with van der Waals surface area (Å²) in [7, 11) is 0. The van der Waals surface area contributed by atoms with Gasteiger partial charge in [-0.25, -0.2) is 4.79 Å². The number of amides is 1. The van der Waals surface area contributed by atoms with Gasteiger partial charge in [0.25, 0.3) is 5.91 Å². The number of hydrogen-bond donors (Lipinski definition) is 1. The second-order valence-corrected chi connectivity index (χ2v) is 6.39. The van der Waals surface area contributed by atoms with E-state index in [9.17, 15) is 9.59 Å². The van der Waals surface area contributed by atoms with Gasteiger partial charge in [-0.15, -0.1) is 0 Å². The molecule has 0 saturated heterocycles. The zero-order valence-electron chi connectivity index (χ0n) is 14.1. The minimum Gasteiger partial charge on any atom is -0.461 e. The lowest BCUT2D eigenvalue weighted by molar-refractivity contribution is -0.152. The minimum absolute atomic E-state index is 0.0416. The SMILES string of the molecule is O=C(NC(Cc1ccccc1)C(=O)OC1CCCCC1)c1ccco1. The fourth-order valence-electron chi connectivity index (χ4n) is 3.11. The molecule has 1 N–H and O–H groups in total. The molecule has 25 heavy (non-hydrogen) atoms. The van der Waals surface area contributed by atoms with Crippen molar-refractivity contribution < 1.29 is 18.7 Å². The predicted octanol–water partition coefficient (Wildman–Crippen LogP) is 3.50. The Morgan fingerprint density at radius 2 is 1.84 bits per heavy atom. The third-order valence-corrected chi connectivity index (χ3v) is 4.45. The van der Waals surface area contributed by atoms with Crippen molar-refractivity contribution in [3.05, 3.63) is 60.1 Å². The second-order valence-electron chi connectivity index (χ2n) is 6.39. The summed E-state index contributed by atoms with van der Waals surface area (Å²) in [6.07, 6.45) is 6.93. The molecule has 1 aromatic carbocycles. The van der Waals surface area contributed by atoms with Crippen LogP contribution in [-0.4, -0.2) is 24.0 Å². The summed E-state index contributed by atoms with van der Waals surface area (Å²) >= 11 is 0. The Bertz CT molecular complexity index is 675. The molecule has 1 amide bonds. The molecule has 0 spiro atoms. The molecule has 1 atom stereocenters. The fourth-order valence-corrected chi connectivity index (χ4v) is 3.11. The fraction of sp³-hybridized carbons (Fsp3) is 0.400. The summed E-state index contributed by atoms with van der Waals surface area (Å²) < 4.78 is 10.8. The molecule has 3 rings (SSSR count). The highest BCUT2D eigenvalue weighted by Crippen LogP contribution is 2.21. The summed E-state index contributed by atoms with van der Waals surface area (Å²) in [5.41, 5.74) is 0.966. The van der Waals surface area contributed by atoms with Crippen molar-refractivity contribution in [3.8, 4) is 0 Å². The van der Waals surface area contributed by atoms with Crippen LogP contribution >= 0.6 is 0 Å². The van der Waals surface area contributed by atoms with E-state index in [2.05, 4.69) is 5.32 Å². The van der Waals surface area contributed by atoms with Crippen molar-refractivity contribution in [2.45, 2.75) is 50.7 Å². The van der Waals surface area contributed by atoms with Crippen molar-refractivity contribution in [1.82, 2.24) is 5.32 Å². The maximum absolute atomic E-state index is 12.7. The van der Waals surface area contributed by atoms with Crippen molar-refractivity contribution >= 4 is 11.9 Å². The summed E-state index contributed by atoms with van der Waals surface area (Å²) in [6, 6.07) is 12.1. The molecule has 0 aliphatic heterocycles. The Labute approximate surface area is 147 Å². The first-order chi connectivity index (χ1) is 12.2. The standard InChI is InChI=1S/C20H23NO4/c22-19(18-12-7-13-24-18)21-17(14-15-8-3-1-4-9-15)20(23)25-16-10-5-2-6-11-16/h1,3-4,7-9,12-13,16-17H,2,5-6,10-11,14H2,(H,21,22).